The molecular weight excluding hydrogens is 438 g/mol. The number of hydrogen-bond donors (Lipinski definition) is 3. The Hall–Kier alpha value is -3.27. The minimum Gasteiger partial charge on any atom is -0.382 e. The van der Waals surface area contributed by atoms with Gasteiger partial charge in [-0.1, -0.05) is 19.1 Å². The van der Waals surface area contributed by atoms with Crippen molar-refractivity contribution in [1.82, 2.24) is 25.1 Å². The van der Waals surface area contributed by atoms with Crippen LogP contribution in [0.25, 0.3) is 0 Å². The number of nitrogens with one attached hydrogen (secondary N) is 2. The van der Waals surface area contributed by atoms with Gasteiger partial charge in [-0.2, -0.15) is 5.10 Å². The molecule has 0 atom stereocenters. The van der Waals surface area contributed by atoms with Crippen LogP contribution >= 0.6 is 15.9 Å². The molecule has 3 rings (SSSR count). The van der Waals surface area contributed by atoms with Gasteiger partial charge in [0.05, 0.1) is 24.6 Å². The number of hydrogen-bond acceptors (Lipinski definition) is 6. The fourth-order valence-corrected chi connectivity index (χ4v) is 2.87. The van der Waals surface area contributed by atoms with Gasteiger partial charge in [-0.15, -0.1) is 0 Å². The summed E-state index contributed by atoms with van der Waals surface area (Å²) in [6.07, 6.45) is 5.51. The summed E-state index contributed by atoms with van der Waals surface area (Å²) in [5.41, 5.74) is 7.74. The van der Waals surface area contributed by atoms with E-state index in [0.717, 1.165) is 12.0 Å². The SMILES string of the molecule is CCCNC(=O)c1cccc(Cn2cc(NC(=O)c3nc(Br)cnc3N)cn2)c1. The van der Waals surface area contributed by atoms with E-state index < -0.39 is 5.91 Å². The fraction of sp³-hybridized carbons (Fsp3) is 0.211. The zero-order valence-electron chi connectivity index (χ0n) is 15.7. The number of amides is 2. The number of nitrogen functional groups attached to an aromatic ring is 1. The van der Waals surface area contributed by atoms with E-state index in [0.29, 0.717) is 28.9 Å². The average molecular weight is 458 g/mol. The van der Waals surface area contributed by atoms with Crippen molar-refractivity contribution in [1.29, 1.82) is 0 Å². The lowest BCUT2D eigenvalue weighted by molar-refractivity contribution is 0.0952. The molecule has 10 heteroatoms. The molecule has 2 heterocycles. The van der Waals surface area contributed by atoms with Gasteiger partial charge in [0.25, 0.3) is 11.8 Å². The van der Waals surface area contributed by atoms with Gasteiger partial charge in [-0.05, 0) is 40.0 Å². The molecule has 0 unspecified atom stereocenters. The van der Waals surface area contributed by atoms with E-state index in [4.69, 9.17) is 5.73 Å². The van der Waals surface area contributed by atoms with Crippen LogP contribution < -0.4 is 16.4 Å². The molecule has 0 aliphatic heterocycles. The highest BCUT2D eigenvalue weighted by Gasteiger charge is 2.15. The summed E-state index contributed by atoms with van der Waals surface area (Å²) in [5, 5.41) is 9.80. The van der Waals surface area contributed by atoms with Crippen LogP contribution in [-0.4, -0.2) is 38.1 Å². The summed E-state index contributed by atoms with van der Waals surface area (Å²) in [6, 6.07) is 7.33. The molecule has 0 aliphatic rings. The Balaban J connectivity index is 1.67. The smallest absolute Gasteiger partial charge is 0.278 e. The molecule has 150 valence electrons. The summed E-state index contributed by atoms with van der Waals surface area (Å²) in [7, 11) is 0. The molecule has 29 heavy (non-hydrogen) atoms. The van der Waals surface area contributed by atoms with Gasteiger partial charge in [0.2, 0.25) is 0 Å². The van der Waals surface area contributed by atoms with Crippen LogP contribution in [0.4, 0.5) is 11.5 Å². The molecule has 0 bridgehead atoms. The number of halogens is 1. The van der Waals surface area contributed by atoms with Crippen molar-refractivity contribution < 1.29 is 9.59 Å². The predicted molar refractivity (Wildman–Crippen MR) is 112 cm³/mol. The zero-order valence-corrected chi connectivity index (χ0v) is 17.3. The highest BCUT2D eigenvalue weighted by Crippen LogP contribution is 2.14. The van der Waals surface area contributed by atoms with Crippen molar-refractivity contribution in [2.75, 3.05) is 17.6 Å². The topological polar surface area (TPSA) is 128 Å². The molecule has 0 aliphatic carbocycles. The van der Waals surface area contributed by atoms with Crippen molar-refractivity contribution in [3.8, 4) is 0 Å². The molecule has 4 N–H and O–H groups in total. The summed E-state index contributed by atoms with van der Waals surface area (Å²) in [6.45, 7) is 3.09. The van der Waals surface area contributed by atoms with Crippen molar-refractivity contribution >= 4 is 39.2 Å². The van der Waals surface area contributed by atoms with Crippen molar-refractivity contribution in [2.24, 2.45) is 0 Å². The molecule has 3 aromatic rings. The molecule has 1 aromatic carbocycles. The van der Waals surface area contributed by atoms with Crippen LogP contribution in [0.2, 0.25) is 0 Å². The Bertz CT molecular complexity index is 1030. The second-order valence-electron chi connectivity index (χ2n) is 6.26. The molecule has 0 fully saturated rings. The molecule has 0 saturated heterocycles. The van der Waals surface area contributed by atoms with Gasteiger partial charge in [0.1, 0.15) is 4.60 Å². The Kier molecular flexibility index (Phi) is 6.55. The van der Waals surface area contributed by atoms with E-state index in [-0.39, 0.29) is 17.4 Å². The van der Waals surface area contributed by atoms with Gasteiger partial charge < -0.3 is 16.4 Å². The number of anilines is 2. The molecule has 2 aromatic heterocycles. The maximum absolute atomic E-state index is 12.4. The van der Waals surface area contributed by atoms with E-state index >= 15 is 0 Å². The summed E-state index contributed by atoms with van der Waals surface area (Å²) >= 11 is 3.17. The average Bonchev–Trinajstić information content (AvgIpc) is 3.14. The maximum atomic E-state index is 12.4. The summed E-state index contributed by atoms with van der Waals surface area (Å²) in [4.78, 5) is 32.4. The lowest BCUT2D eigenvalue weighted by atomic mass is 10.1. The first kappa shape index (κ1) is 20.5. The van der Waals surface area contributed by atoms with Gasteiger partial charge in [0.15, 0.2) is 11.5 Å². The third-order valence-corrected chi connectivity index (χ3v) is 4.33. The van der Waals surface area contributed by atoms with Gasteiger partial charge >= 0.3 is 0 Å². The predicted octanol–water partition coefficient (Wildman–Crippen LogP) is 2.46. The van der Waals surface area contributed by atoms with Gasteiger partial charge in [0, 0.05) is 18.3 Å². The molecule has 2 amide bonds. The fourth-order valence-electron chi connectivity index (χ4n) is 2.59. The molecule has 0 saturated carbocycles. The van der Waals surface area contributed by atoms with E-state index in [9.17, 15) is 9.59 Å². The number of nitrogens with two attached hydrogens (primary N) is 1. The van der Waals surface area contributed by atoms with Crippen molar-refractivity contribution in [3.05, 3.63) is 64.3 Å². The van der Waals surface area contributed by atoms with Crippen molar-refractivity contribution in [3.63, 3.8) is 0 Å². The van der Waals surface area contributed by atoms with E-state index in [1.54, 1.807) is 16.9 Å². The molecule has 9 nitrogen and oxygen atoms in total. The van der Waals surface area contributed by atoms with E-state index in [1.807, 2.05) is 25.1 Å². The monoisotopic (exact) mass is 457 g/mol. The Morgan fingerprint density at radius 3 is 2.86 bits per heavy atom. The normalized spacial score (nSPS) is 10.6. The Labute approximate surface area is 175 Å². The van der Waals surface area contributed by atoms with Gasteiger partial charge in [-0.3, -0.25) is 14.3 Å². The maximum Gasteiger partial charge on any atom is 0.278 e. The number of nitrogens with zero attached hydrogens (tertiary/aromatic N) is 4. The largest absolute Gasteiger partial charge is 0.382 e. The molecule has 0 spiro atoms. The standard InChI is InChI=1S/C19H20BrN7O2/c1-2-6-22-18(28)13-5-3-4-12(7-13)10-27-11-14(8-24-27)25-19(29)16-17(21)23-9-15(20)26-16/h3-5,7-9,11H,2,6,10H2,1H3,(H2,21,23)(H,22,28)(H,25,29). The molecular formula is C19H20BrN7O2. The Morgan fingerprint density at radius 2 is 2.07 bits per heavy atom. The second-order valence-corrected chi connectivity index (χ2v) is 7.08. The third kappa shape index (κ3) is 5.38. The number of rotatable bonds is 7. The highest BCUT2D eigenvalue weighted by molar-refractivity contribution is 9.10. The first-order chi connectivity index (χ1) is 14.0. The lowest BCUT2D eigenvalue weighted by Crippen LogP contribution is -2.24. The second kappa shape index (κ2) is 9.28. The van der Waals surface area contributed by atoms with Crippen LogP contribution in [0.15, 0.2) is 47.5 Å². The minimum atomic E-state index is -0.481. The van der Waals surface area contributed by atoms with Crippen LogP contribution in [0, 0.1) is 0 Å². The number of carbonyl (C=O) groups is 2. The number of benzene rings is 1. The highest BCUT2D eigenvalue weighted by atomic mass is 79.9. The third-order valence-electron chi connectivity index (χ3n) is 3.95. The van der Waals surface area contributed by atoms with Crippen LogP contribution in [0.3, 0.4) is 0 Å². The van der Waals surface area contributed by atoms with E-state index in [2.05, 4.69) is 41.6 Å². The number of carbonyl (C=O) groups excluding carboxylic acids is 2. The quantitative estimate of drug-likeness (QED) is 0.499. The van der Waals surface area contributed by atoms with Gasteiger partial charge in [-0.25, -0.2) is 9.97 Å². The van der Waals surface area contributed by atoms with Crippen LogP contribution in [0.1, 0.15) is 39.8 Å². The van der Waals surface area contributed by atoms with Crippen LogP contribution in [-0.2, 0) is 6.54 Å². The lowest BCUT2D eigenvalue weighted by Gasteiger charge is -2.07. The summed E-state index contributed by atoms with van der Waals surface area (Å²) in [5.74, 6) is -0.545. The first-order valence-electron chi connectivity index (χ1n) is 8.95. The number of aromatic nitrogens is 4. The molecule has 0 radical (unpaired) electrons. The Morgan fingerprint density at radius 1 is 1.24 bits per heavy atom. The summed E-state index contributed by atoms with van der Waals surface area (Å²) < 4.78 is 2.07. The van der Waals surface area contributed by atoms with Crippen molar-refractivity contribution in [2.45, 2.75) is 19.9 Å². The zero-order chi connectivity index (χ0) is 20.8. The van der Waals surface area contributed by atoms with Crippen LogP contribution in [0.5, 0.6) is 0 Å². The first-order valence-corrected chi connectivity index (χ1v) is 9.74. The van der Waals surface area contributed by atoms with E-state index in [1.165, 1.54) is 12.4 Å². The minimum absolute atomic E-state index is 0.0258.